The number of benzene rings is 1. The Balaban J connectivity index is 1.81. The van der Waals surface area contributed by atoms with Crippen LogP contribution in [0.25, 0.3) is 0 Å². The second kappa shape index (κ2) is 7.25. The van der Waals surface area contributed by atoms with E-state index >= 15 is 0 Å². The fourth-order valence-corrected chi connectivity index (χ4v) is 3.41. The minimum atomic E-state index is -0.269. The molecule has 0 atom stereocenters. The Hall–Kier alpha value is -1.70. The van der Waals surface area contributed by atoms with Crippen molar-refractivity contribution in [3.05, 3.63) is 34.3 Å². The lowest BCUT2D eigenvalue weighted by atomic mass is 10.2. The van der Waals surface area contributed by atoms with Crippen molar-refractivity contribution < 1.29 is 4.79 Å². The van der Waals surface area contributed by atoms with E-state index in [0.717, 1.165) is 49.9 Å². The van der Waals surface area contributed by atoms with Crippen molar-refractivity contribution in [2.24, 2.45) is 0 Å². The van der Waals surface area contributed by atoms with Crippen LogP contribution in [-0.4, -0.2) is 53.1 Å². The van der Waals surface area contributed by atoms with Gasteiger partial charge in [0.15, 0.2) is 5.69 Å². The van der Waals surface area contributed by atoms with Crippen molar-refractivity contribution in [1.82, 2.24) is 14.5 Å². The summed E-state index contributed by atoms with van der Waals surface area (Å²) in [5.74, 6) is -0.269. The van der Waals surface area contributed by atoms with Crippen LogP contribution in [0.3, 0.4) is 0 Å². The number of carbonyl (C=O) groups is 1. The summed E-state index contributed by atoms with van der Waals surface area (Å²) in [6.45, 7) is 6.98. The van der Waals surface area contributed by atoms with Crippen LogP contribution >= 0.6 is 23.1 Å². The van der Waals surface area contributed by atoms with E-state index in [0.29, 0.717) is 16.4 Å². The number of piperazine rings is 1. The molecule has 1 N–H and O–H groups in total. The average molecular weight is 352 g/mol. The monoisotopic (exact) mass is 351 g/mol. The Bertz CT molecular complexity index is 671. The van der Waals surface area contributed by atoms with Gasteiger partial charge in [0.05, 0.1) is 16.4 Å². The van der Waals surface area contributed by atoms with Crippen LogP contribution in [0.4, 0.5) is 11.4 Å². The van der Waals surface area contributed by atoms with Crippen molar-refractivity contribution in [3.63, 3.8) is 0 Å². The molecule has 0 bridgehead atoms. The molecular formula is C15H18ClN5OS. The van der Waals surface area contributed by atoms with Crippen LogP contribution in [0.5, 0.6) is 0 Å². The third-order valence-electron chi connectivity index (χ3n) is 3.96. The topological polar surface area (TPSA) is 61.4 Å². The summed E-state index contributed by atoms with van der Waals surface area (Å²) < 4.78 is 3.72. The van der Waals surface area contributed by atoms with Crippen molar-refractivity contribution in [3.8, 4) is 0 Å². The first-order chi connectivity index (χ1) is 11.2. The highest BCUT2D eigenvalue weighted by atomic mass is 35.5. The van der Waals surface area contributed by atoms with Crippen LogP contribution in [0.2, 0.25) is 5.02 Å². The summed E-state index contributed by atoms with van der Waals surface area (Å²) in [4.78, 5) is 16.9. The second-order valence-corrected chi connectivity index (χ2v) is 6.32. The molecule has 2 heterocycles. The maximum atomic E-state index is 12.2. The van der Waals surface area contributed by atoms with Crippen LogP contribution in [0, 0.1) is 0 Å². The first kappa shape index (κ1) is 16.2. The van der Waals surface area contributed by atoms with Gasteiger partial charge in [-0.05, 0) is 30.2 Å². The maximum Gasteiger partial charge on any atom is 0.277 e. The molecule has 0 saturated carbocycles. The Labute approximate surface area is 144 Å². The largest absolute Gasteiger partial charge is 0.366 e. The number of para-hydroxylation sites is 1. The van der Waals surface area contributed by atoms with Crippen molar-refractivity contribution >= 4 is 40.4 Å². The molecule has 0 aliphatic carbocycles. The number of amides is 1. The highest BCUT2D eigenvalue weighted by molar-refractivity contribution is 7.03. The predicted octanol–water partition coefficient (Wildman–Crippen LogP) is 2.59. The minimum Gasteiger partial charge on any atom is -0.366 e. The molecule has 1 saturated heterocycles. The van der Waals surface area contributed by atoms with Crippen molar-refractivity contribution in [2.45, 2.75) is 6.92 Å². The van der Waals surface area contributed by atoms with Gasteiger partial charge in [-0.25, -0.2) is 0 Å². The molecule has 1 amide bonds. The van der Waals surface area contributed by atoms with Gasteiger partial charge >= 0.3 is 0 Å². The van der Waals surface area contributed by atoms with Gasteiger partial charge < -0.3 is 15.1 Å². The number of aromatic nitrogens is 2. The first-order valence-electron chi connectivity index (χ1n) is 7.53. The summed E-state index contributed by atoms with van der Waals surface area (Å²) in [7, 11) is 0. The molecule has 122 valence electrons. The van der Waals surface area contributed by atoms with E-state index in [-0.39, 0.29) is 5.91 Å². The van der Waals surface area contributed by atoms with Gasteiger partial charge in [-0.1, -0.05) is 29.1 Å². The molecule has 6 nitrogen and oxygen atoms in total. The fourth-order valence-electron chi connectivity index (χ4n) is 2.68. The molecule has 3 rings (SSSR count). The quantitative estimate of drug-likeness (QED) is 0.917. The van der Waals surface area contributed by atoms with E-state index in [9.17, 15) is 4.79 Å². The van der Waals surface area contributed by atoms with E-state index in [1.165, 1.54) is 0 Å². The summed E-state index contributed by atoms with van der Waals surface area (Å²) in [6, 6.07) is 5.55. The van der Waals surface area contributed by atoms with E-state index in [4.69, 9.17) is 11.6 Å². The molecule has 0 unspecified atom stereocenters. The summed E-state index contributed by atoms with van der Waals surface area (Å²) in [5.41, 5.74) is 1.90. The summed E-state index contributed by atoms with van der Waals surface area (Å²) in [6.07, 6.45) is 0. The van der Waals surface area contributed by atoms with E-state index in [2.05, 4.69) is 31.6 Å². The third-order valence-corrected chi connectivity index (χ3v) is 4.77. The zero-order valence-corrected chi connectivity index (χ0v) is 14.4. The second-order valence-electron chi connectivity index (χ2n) is 5.30. The number of hydrogen-bond donors (Lipinski definition) is 1. The molecule has 1 fully saturated rings. The highest BCUT2D eigenvalue weighted by Crippen LogP contribution is 2.34. The van der Waals surface area contributed by atoms with Crippen LogP contribution in [0.1, 0.15) is 17.4 Å². The maximum absolute atomic E-state index is 12.2. The van der Waals surface area contributed by atoms with E-state index < -0.39 is 0 Å². The number of hydrogen-bond acceptors (Lipinski definition) is 6. The minimum absolute atomic E-state index is 0.269. The number of anilines is 2. The fraction of sp³-hybridized carbons (Fsp3) is 0.400. The van der Waals surface area contributed by atoms with Crippen LogP contribution in [0.15, 0.2) is 23.6 Å². The molecular weight excluding hydrogens is 334 g/mol. The van der Waals surface area contributed by atoms with Gasteiger partial charge in [0, 0.05) is 31.6 Å². The number of nitrogens with one attached hydrogen (secondary N) is 1. The molecule has 1 aliphatic heterocycles. The Morgan fingerprint density at radius 3 is 2.78 bits per heavy atom. The first-order valence-corrected chi connectivity index (χ1v) is 8.74. The SMILES string of the molecule is CCN1CCN(c2c(Cl)cccc2NC(=O)c2csnn2)CC1. The molecule has 8 heteroatoms. The molecule has 0 radical (unpaired) electrons. The molecule has 1 aliphatic rings. The predicted molar refractivity (Wildman–Crippen MR) is 93.6 cm³/mol. The lowest BCUT2D eigenvalue weighted by Gasteiger charge is -2.36. The average Bonchev–Trinajstić information content (AvgIpc) is 3.10. The summed E-state index contributed by atoms with van der Waals surface area (Å²) in [5, 5.41) is 8.97. The van der Waals surface area contributed by atoms with E-state index in [1.54, 1.807) is 5.38 Å². The number of likely N-dealkylation sites (N-methyl/N-ethyl adjacent to an activating group) is 1. The normalized spacial score (nSPS) is 15.7. The Morgan fingerprint density at radius 1 is 1.35 bits per heavy atom. The van der Waals surface area contributed by atoms with Gasteiger partial charge in [-0.2, -0.15) is 0 Å². The molecule has 23 heavy (non-hydrogen) atoms. The number of nitrogens with zero attached hydrogens (tertiary/aromatic N) is 4. The zero-order chi connectivity index (χ0) is 16.2. The standard InChI is InChI=1S/C15H18ClN5OS/c1-2-20-6-8-21(9-7-20)14-11(16)4-3-5-12(14)17-15(22)13-10-23-19-18-13/h3-5,10H,2,6-9H2,1H3,(H,17,22). The van der Waals surface area contributed by atoms with Gasteiger partial charge in [0.1, 0.15) is 0 Å². The van der Waals surface area contributed by atoms with Gasteiger partial charge in [0.25, 0.3) is 5.91 Å². The molecule has 1 aromatic carbocycles. The third kappa shape index (κ3) is 3.63. The Morgan fingerprint density at radius 2 is 2.13 bits per heavy atom. The Kier molecular flexibility index (Phi) is 5.09. The lowest BCUT2D eigenvalue weighted by molar-refractivity contribution is 0.102. The van der Waals surface area contributed by atoms with Gasteiger partial charge in [0.2, 0.25) is 0 Å². The highest BCUT2D eigenvalue weighted by Gasteiger charge is 2.22. The van der Waals surface area contributed by atoms with Crippen LogP contribution in [-0.2, 0) is 0 Å². The van der Waals surface area contributed by atoms with Crippen molar-refractivity contribution in [2.75, 3.05) is 42.9 Å². The van der Waals surface area contributed by atoms with Crippen molar-refractivity contribution in [1.29, 1.82) is 0 Å². The smallest absolute Gasteiger partial charge is 0.277 e. The molecule has 2 aromatic rings. The summed E-state index contributed by atoms with van der Waals surface area (Å²) >= 11 is 7.56. The number of halogens is 1. The van der Waals surface area contributed by atoms with E-state index in [1.807, 2.05) is 18.2 Å². The van der Waals surface area contributed by atoms with Gasteiger partial charge in [-0.3, -0.25) is 4.79 Å². The zero-order valence-electron chi connectivity index (χ0n) is 12.8. The molecule has 0 spiro atoms. The van der Waals surface area contributed by atoms with Crippen LogP contribution < -0.4 is 10.2 Å². The number of rotatable bonds is 4. The number of carbonyl (C=O) groups excluding carboxylic acids is 1. The molecule has 1 aromatic heterocycles. The van der Waals surface area contributed by atoms with Gasteiger partial charge in [-0.15, -0.1) is 5.10 Å². The lowest BCUT2D eigenvalue weighted by Crippen LogP contribution is -2.46.